The number of aromatic nitrogens is 1. The molecule has 3 nitrogen and oxygen atoms in total. The van der Waals surface area contributed by atoms with Gasteiger partial charge < -0.3 is 10.1 Å². The maximum atomic E-state index is 11.7. The van der Waals surface area contributed by atoms with Gasteiger partial charge in [-0.25, -0.2) is 0 Å². The summed E-state index contributed by atoms with van der Waals surface area (Å²) in [5.74, 6) is 0.547. The zero-order chi connectivity index (χ0) is 32.4. The van der Waals surface area contributed by atoms with E-state index in [0.29, 0.717) is 0 Å². The van der Waals surface area contributed by atoms with E-state index in [9.17, 15) is 9.90 Å². The summed E-state index contributed by atoms with van der Waals surface area (Å²) in [4.78, 5) is 16.5. The largest absolute Gasteiger partial charge is 0.512 e. The summed E-state index contributed by atoms with van der Waals surface area (Å²) in [7, 11) is 0. The molecule has 4 aromatic rings. The summed E-state index contributed by atoms with van der Waals surface area (Å²) < 4.78 is 2.73. The Bertz CT molecular complexity index is 1660. The van der Waals surface area contributed by atoms with Crippen molar-refractivity contribution in [2.75, 3.05) is 0 Å². The van der Waals surface area contributed by atoms with Crippen molar-refractivity contribution in [3.63, 3.8) is 0 Å². The SMILES string of the molecule is CCC(CC)C(=O)/C=C(\O)C(CC)CC.Cc1c2c(c3c(sc4c(-c5[c-]cccc5)nccc43)c1C)C(C)(C)CCC2(C)C.[Ir]. The molecule has 245 valence electrons. The number of aliphatic hydroxyl groups is 1. The fourth-order valence-electron chi connectivity index (χ4n) is 7.12. The number of thiophene rings is 1. The molecule has 5 rings (SSSR count). The number of aryl methyl sites for hydroxylation is 1. The third-order valence-corrected chi connectivity index (χ3v) is 11.5. The first kappa shape index (κ1) is 37.1. The van der Waals surface area contributed by atoms with Crippen LogP contribution in [-0.4, -0.2) is 15.9 Å². The van der Waals surface area contributed by atoms with Crippen molar-refractivity contribution in [2.24, 2.45) is 11.8 Å². The zero-order valence-corrected chi connectivity index (χ0v) is 32.2. The molecule has 0 unspecified atom stereocenters. The van der Waals surface area contributed by atoms with E-state index in [1.54, 1.807) is 11.1 Å². The van der Waals surface area contributed by atoms with Crippen LogP contribution in [0.1, 0.15) is 116 Å². The number of carbonyl (C=O) groups excluding carboxylic acids is 1. The molecule has 1 radical (unpaired) electrons. The van der Waals surface area contributed by atoms with Crippen molar-refractivity contribution in [1.29, 1.82) is 0 Å². The first-order valence-electron chi connectivity index (χ1n) is 16.6. The molecule has 0 saturated heterocycles. The summed E-state index contributed by atoms with van der Waals surface area (Å²) in [6, 6.07) is 13.8. The molecule has 0 aliphatic heterocycles. The van der Waals surface area contributed by atoms with Gasteiger partial charge >= 0.3 is 0 Å². The summed E-state index contributed by atoms with van der Waals surface area (Å²) in [5.41, 5.74) is 8.61. The minimum atomic E-state index is 0. The third-order valence-electron chi connectivity index (χ3n) is 10.2. The Labute approximate surface area is 289 Å². The van der Waals surface area contributed by atoms with Crippen LogP contribution in [0.3, 0.4) is 0 Å². The van der Waals surface area contributed by atoms with Gasteiger partial charge in [0, 0.05) is 64.7 Å². The summed E-state index contributed by atoms with van der Waals surface area (Å²) in [6.07, 6.45) is 9.36. The van der Waals surface area contributed by atoms with E-state index in [1.807, 2.05) is 57.4 Å². The number of benzene rings is 2. The van der Waals surface area contributed by atoms with Gasteiger partial charge in [0.1, 0.15) is 0 Å². The maximum Gasteiger partial charge on any atom is 0.162 e. The second-order valence-corrected chi connectivity index (χ2v) is 14.9. The van der Waals surface area contributed by atoms with Crippen LogP contribution in [0.5, 0.6) is 0 Å². The van der Waals surface area contributed by atoms with Gasteiger partial charge in [-0.3, -0.25) is 4.79 Å². The van der Waals surface area contributed by atoms with Gasteiger partial charge in [-0.05, 0) is 96.9 Å². The number of aliphatic hydroxyl groups excluding tert-OH is 1. The monoisotopic (exact) mass is 803 g/mol. The van der Waals surface area contributed by atoms with Gasteiger partial charge in [0.2, 0.25) is 0 Å². The van der Waals surface area contributed by atoms with Crippen molar-refractivity contribution >= 4 is 37.3 Å². The first-order chi connectivity index (χ1) is 20.8. The van der Waals surface area contributed by atoms with Gasteiger partial charge in [0.15, 0.2) is 5.78 Å². The molecule has 5 heteroatoms. The number of nitrogens with zero attached hydrogens (tertiary/aromatic N) is 1. The Kier molecular flexibility index (Phi) is 12.4. The van der Waals surface area contributed by atoms with E-state index in [-0.39, 0.29) is 54.3 Å². The fraction of sp³-hybridized carbons (Fsp3) is 0.500. The number of fused-ring (bicyclic) bond motifs is 5. The van der Waals surface area contributed by atoms with E-state index >= 15 is 0 Å². The molecule has 0 bridgehead atoms. The molecular formula is C40H52IrNO2S-. The van der Waals surface area contributed by atoms with Crippen LogP contribution in [0.25, 0.3) is 31.4 Å². The molecule has 2 heterocycles. The Hall–Kier alpha value is -2.33. The van der Waals surface area contributed by atoms with E-state index in [4.69, 9.17) is 4.98 Å². The fourth-order valence-corrected chi connectivity index (χ4v) is 8.48. The van der Waals surface area contributed by atoms with Crippen LogP contribution in [0.15, 0.2) is 48.4 Å². The molecule has 45 heavy (non-hydrogen) atoms. The Morgan fingerprint density at radius 1 is 0.911 bits per heavy atom. The van der Waals surface area contributed by atoms with Crippen molar-refractivity contribution in [1.82, 2.24) is 4.98 Å². The molecule has 0 amide bonds. The molecule has 0 saturated carbocycles. The standard InChI is InChI=1S/C27H28NS.C13H24O2.Ir/c1-16-17(2)24-20(22-21(16)26(3,4)13-14-27(22,5)6)19-12-15-28-23(25(19)29-24)18-10-8-7-9-11-18;1-5-10(6-2)12(14)9-13(15)11(7-3)8-4;/h7-10,12,15H,13-14H2,1-6H3;9-11,14H,5-8H2,1-4H3;/q-1;;/b;12-9-;. The molecule has 0 fully saturated rings. The molecule has 1 N–H and O–H groups in total. The van der Waals surface area contributed by atoms with E-state index in [1.165, 1.54) is 50.2 Å². The van der Waals surface area contributed by atoms with Crippen molar-refractivity contribution in [3.8, 4) is 11.3 Å². The predicted molar refractivity (Wildman–Crippen MR) is 190 cm³/mol. The average Bonchev–Trinajstić information content (AvgIpc) is 3.39. The summed E-state index contributed by atoms with van der Waals surface area (Å²) in [5, 5.41) is 12.6. The van der Waals surface area contributed by atoms with Crippen LogP contribution in [0, 0.1) is 31.7 Å². The molecule has 1 aliphatic rings. The molecule has 0 spiro atoms. The van der Waals surface area contributed by atoms with Gasteiger partial charge in [0.05, 0.1) is 5.76 Å². The average molecular weight is 803 g/mol. The number of allylic oxidation sites excluding steroid dienone is 2. The van der Waals surface area contributed by atoms with E-state index in [0.717, 1.165) is 36.9 Å². The van der Waals surface area contributed by atoms with Gasteiger partial charge in [-0.15, -0.1) is 47.2 Å². The topological polar surface area (TPSA) is 50.2 Å². The van der Waals surface area contributed by atoms with Crippen molar-refractivity contribution in [2.45, 2.75) is 119 Å². The number of ketones is 1. The Morgan fingerprint density at radius 3 is 2.07 bits per heavy atom. The maximum absolute atomic E-state index is 11.7. The van der Waals surface area contributed by atoms with E-state index < -0.39 is 0 Å². The number of pyridine rings is 1. The van der Waals surface area contributed by atoms with E-state index in [2.05, 4.69) is 65.8 Å². The van der Waals surface area contributed by atoms with Crippen LogP contribution in [0.2, 0.25) is 0 Å². The third kappa shape index (κ3) is 7.32. The minimum absolute atomic E-state index is 0. The second kappa shape index (κ2) is 15.1. The molecular weight excluding hydrogens is 751 g/mol. The summed E-state index contributed by atoms with van der Waals surface area (Å²) >= 11 is 1.92. The smallest absolute Gasteiger partial charge is 0.162 e. The second-order valence-electron chi connectivity index (χ2n) is 13.9. The number of hydrogen-bond donors (Lipinski definition) is 1. The number of carbonyl (C=O) groups is 1. The molecule has 2 aromatic carbocycles. The Morgan fingerprint density at radius 2 is 1.51 bits per heavy atom. The predicted octanol–water partition coefficient (Wildman–Crippen LogP) is 11.7. The van der Waals surface area contributed by atoms with Crippen molar-refractivity contribution < 1.29 is 30.0 Å². The zero-order valence-electron chi connectivity index (χ0n) is 29.0. The number of rotatable bonds is 8. The molecule has 1 aliphatic carbocycles. The van der Waals surface area contributed by atoms with Crippen LogP contribution in [0.4, 0.5) is 0 Å². The quantitative estimate of drug-likeness (QED) is 0.110. The van der Waals surface area contributed by atoms with Crippen LogP contribution >= 0.6 is 11.3 Å². The normalized spacial score (nSPS) is 15.5. The van der Waals surface area contributed by atoms with Gasteiger partial charge in [0.25, 0.3) is 0 Å². The Balaban J connectivity index is 0.000000297. The molecule has 0 atom stereocenters. The van der Waals surface area contributed by atoms with Gasteiger partial charge in [-0.1, -0.05) is 55.4 Å². The van der Waals surface area contributed by atoms with Crippen molar-refractivity contribution in [3.05, 3.63) is 76.7 Å². The molecule has 2 aromatic heterocycles. The van der Waals surface area contributed by atoms with Crippen LogP contribution < -0.4 is 0 Å². The number of hydrogen-bond acceptors (Lipinski definition) is 4. The first-order valence-corrected chi connectivity index (χ1v) is 17.4. The van der Waals surface area contributed by atoms with Gasteiger partial charge in [-0.2, -0.15) is 0 Å². The summed E-state index contributed by atoms with van der Waals surface area (Å²) in [6.45, 7) is 22.5. The minimum Gasteiger partial charge on any atom is -0.512 e. The van der Waals surface area contributed by atoms with Crippen LogP contribution in [-0.2, 0) is 35.7 Å².